The fourth-order valence-corrected chi connectivity index (χ4v) is 3.42. The molecular weight excluding hydrogens is 244 g/mol. The maximum absolute atomic E-state index is 6.05. The van der Waals surface area contributed by atoms with E-state index in [1.54, 1.807) is 0 Å². The average molecular weight is 274 g/mol. The van der Waals surface area contributed by atoms with Gasteiger partial charge in [0.1, 0.15) is 0 Å². The van der Waals surface area contributed by atoms with Gasteiger partial charge in [-0.3, -0.25) is 4.90 Å². The lowest BCUT2D eigenvalue weighted by atomic mass is 9.90. The summed E-state index contributed by atoms with van der Waals surface area (Å²) in [5.74, 6) is 0. The molecule has 112 valence electrons. The predicted molar refractivity (Wildman–Crippen MR) is 86.8 cm³/mol. The Labute approximate surface area is 124 Å². The van der Waals surface area contributed by atoms with Crippen molar-refractivity contribution in [2.45, 2.75) is 71.0 Å². The number of rotatable bonds is 6. The monoisotopic (exact) mass is 274 g/mol. The van der Waals surface area contributed by atoms with Crippen molar-refractivity contribution in [3.05, 3.63) is 35.4 Å². The molecule has 1 aromatic rings. The molecule has 2 heteroatoms. The first-order chi connectivity index (χ1) is 9.74. The van der Waals surface area contributed by atoms with Gasteiger partial charge in [0.2, 0.25) is 0 Å². The summed E-state index contributed by atoms with van der Waals surface area (Å²) in [6.45, 7) is 6.85. The number of benzene rings is 1. The van der Waals surface area contributed by atoms with Gasteiger partial charge in [-0.2, -0.15) is 0 Å². The number of aryl methyl sites for hydroxylation is 1. The van der Waals surface area contributed by atoms with Gasteiger partial charge in [-0.05, 0) is 56.2 Å². The van der Waals surface area contributed by atoms with Crippen LogP contribution in [0.25, 0.3) is 0 Å². The fraction of sp³-hybridized carbons (Fsp3) is 0.667. The van der Waals surface area contributed by atoms with E-state index in [9.17, 15) is 0 Å². The van der Waals surface area contributed by atoms with Crippen LogP contribution in [-0.2, 0) is 13.0 Å². The topological polar surface area (TPSA) is 29.3 Å². The van der Waals surface area contributed by atoms with E-state index in [1.165, 1.54) is 49.8 Å². The van der Waals surface area contributed by atoms with Crippen LogP contribution in [-0.4, -0.2) is 23.5 Å². The molecule has 0 heterocycles. The Hall–Kier alpha value is -0.860. The Morgan fingerprint density at radius 2 is 1.70 bits per heavy atom. The molecule has 1 aliphatic rings. The highest BCUT2D eigenvalue weighted by molar-refractivity contribution is 5.27. The van der Waals surface area contributed by atoms with Crippen molar-refractivity contribution in [1.29, 1.82) is 0 Å². The van der Waals surface area contributed by atoms with Gasteiger partial charge in [-0.15, -0.1) is 0 Å². The van der Waals surface area contributed by atoms with Crippen LogP contribution >= 0.6 is 0 Å². The molecule has 1 aliphatic carbocycles. The van der Waals surface area contributed by atoms with Gasteiger partial charge in [0.15, 0.2) is 0 Å². The van der Waals surface area contributed by atoms with Gasteiger partial charge in [-0.25, -0.2) is 0 Å². The SMILES string of the molecule is CCCN(Cc1ccccc1CC)C1CCC(N)CC1. The lowest BCUT2D eigenvalue weighted by Crippen LogP contribution is -2.41. The normalized spacial score (nSPS) is 23.2. The Morgan fingerprint density at radius 1 is 1.05 bits per heavy atom. The Bertz CT molecular complexity index is 394. The van der Waals surface area contributed by atoms with Gasteiger partial charge in [0.25, 0.3) is 0 Å². The Morgan fingerprint density at radius 3 is 2.30 bits per heavy atom. The molecule has 0 radical (unpaired) electrons. The minimum absolute atomic E-state index is 0.442. The standard InChI is InChI=1S/C18H30N2/c1-3-13-20(18-11-9-17(19)10-12-18)14-16-8-6-5-7-15(16)4-2/h5-8,17-18H,3-4,9-14,19H2,1-2H3. The molecule has 1 fully saturated rings. The average Bonchev–Trinajstić information content (AvgIpc) is 2.48. The summed E-state index contributed by atoms with van der Waals surface area (Å²) in [5, 5.41) is 0. The third-order valence-corrected chi connectivity index (χ3v) is 4.64. The summed E-state index contributed by atoms with van der Waals surface area (Å²) in [6.07, 6.45) is 7.30. The molecule has 0 aromatic heterocycles. The molecule has 0 bridgehead atoms. The molecule has 0 atom stereocenters. The van der Waals surface area contributed by atoms with Crippen LogP contribution in [0.4, 0.5) is 0 Å². The second-order valence-corrected chi connectivity index (χ2v) is 6.16. The van der Waals surface area contributed by atoms with Crippen LogP contribution in [0.1, 0.15) is 57.1 Å². The van der Waals surface area contributed by atoms with Crippen LogP contribution in [0, 0.1) is 0 Å². The van der Waals surface area contributed by atoms with Crippen molar-refractivity contribution in [3.8, 4) is 0 Å². The Balaban J connectivity index is 2.05. The molecule has 0 spiro atoms. The quantitative estimate of drug-likeness (QED) is 0.856. The highest BCUT2D eigenvalue weighted by atomic mass is 15.2. The van der Waals surface area contributed by atoms with E-state index < -0.39 is 0 Å². The van der Waals surface area contributed by atoms with Crippen LogP contribution < -0.4 is 5.73 Å². The third-order valence-electron chi connectivity index (χ3n) is 4.64. The number of hydrogen-bond acceptors (Lipinski definition) is 2. The summed E-state index contributed by atoms with van der Waals surface area (Å²) < 4.78 is 0. The van der Waals surface area contributed by atoms with E-state index in [0.29, 0.717) is 6.04 Å². The van der Waals surface area contributed by atoms with Gasteiger partial charge in [0, 0.05) is 18.6 Å². The van der Waals surface area contributed by atoms with Crippen LogP contribution in [0.2, 0.25) is 0 Å². The van der Waals surface area contributed by atoms with Crippen molar-refractivity contribution in [2.75, 3.05) is 6.54 Å². The van der Waals surface area contributed by atoms with Gasteiger partial charge in [0.05, 0.1) is 0 Å². The maximum atomic E-state index is 6.05. The third kappa shape index (κ3) is 4.07. The molecule has 20 heavy (non-hydrogen) atoms. The second-order valence-electron chi connectivity index (χ2n) is 6.16. The lowest BCUT2D eigenvalue weighted by Gasteiger charge is -2.36. The first kappa shape index (κ1) is 15.5. The van der Waals surface area contributed by atoms with Crippen LogP contribution in [0.5, 0.6) is 0 Å². The predicted octanol–water partition coefficient (Wildman–Crippen LogP) is 3.73. The van der Waals surface area contributed by atoms with Crippen molar-refractivity contribution < 1.29 is 0 Å². The van der Waals surface area contributed by atoms with Crippen LogP contribution in [0.3, 0.4) is 0 Å². The Kier molecular flexibility index (Phi) is 6.06. The van der Waals surface area contributed by atoms with Crippen molar-refractivity contribution in [2.24, 2.45) is 5.73 Å². The zero-order valence-corrected chi connectivity index (χ0v) is 13.1. The molecule has 0 unspecified atom stereocenters. The number of nitrogens with two attached hydrogens (primary N) is 1. The molecule has 0 saturated heterocycles. The molecule has 1 aromatic carbocycles. The summed E-state index contributed by atoms with van der Waals surface area (Å²) in [7, 11) is 0. The summed E-state index contributed by atoms with van der Waals surface area (Å²) >= 11 is 0. The largest absolute Gasteiger partial charge is 0.328 e. The first-order valence-corrected chi connectivity index (χ1v) is 8.31. The molecule has 2 N–H and O–H groups in total. The highest BCUT2D eigenvalue weighted by Crippen LogP contribution is 2.24. The van der Waals surface area contributed by atoms with E-state index in [2.05, 4.69) is 43.0 Å². The minimum atomic E-state index is 0.442. The summed E-state index contributed by atoms with van der Waals surface area (Å²) in [5.41, 5.74) is 9.06. The van der Waals surface area contributed by atoms with Gasteiger partial charge in [-0.1, -0.05) is 38.1 Å². The van der Waals surface area contributed by atoms with Crippen molar-refractivity contribution in [3.63, 3.8) is 0 Å². The fourth-order valence-electron chi connectivity index (χ4n) is 3.42. The number of nitrogens with zero attached hydrogens (tertiary/aromatic N) is 1. The minimum Gasteiger partial charge on any atom is -0.328 e. The summed E-state index contributed by atoms with van der Waals surface area (Å²) in [4.78, 5) is 2.69. The summed E-state index contributed by atoms with van der Waals surface area (Å²) in [6, 6.07) is 10.1. The maximum Gasteiger partial charge on any atom is 0.0239 e. The van der Waals surface area contributed by atoms with Crippen LogP contribution in [0.15, 0.2) is 24.3 Å². The lowest BCUT2D eigenvalue weighted by molar-refractivity contribution is 0.141. The van der Waals surface area contributed by atoms with E-state index in [-0.39, 0.29) is 0 Å². The molecule has 2 rings (SSSR count). The van der Waals surface area contributed by atoms with Gasteiger partial charge >= 0.3 is 0 Å². The van der Waals surface area contributed by atoms with Crippen molar-refractivity contribution in [1.82, 2.24) is 4.90 Å². The van der Waals surface area contributed by atoms with E-state index in [4.69, 9.17) is 5.73 Å². The molecule has 1 saturated carbocycles. The van der Waals surface area contributed by atoms with E-state index >= 15 is 0 Å². The van der Waals surface area contributed by atoms with E-state index in [0.717, 1.165) is 19.0 Å². The first-order valence-electron chi connectivity index (χ1n) is 8.31. The zero-order valence-electron chi connectivity index (χ0n) is 13.1. The molecule has 0 amide bonds. The van der Waals surface area contributed by atoms with E-state index in [1.807, 2.05) is 0 Å². The van der Waals surface area contributed by atoms with Gasteiger partial charge < -0.3 is 5.73 Å². The molecule has 0 aliphatic heterocycles. The second kappa shape index (κ2) is 7.80. The highest BCUT2D eigenvalue weighted by Gasteiger charge is 2.24. The molecular formula is C18H30N2. The number of hydrogen-bond donors (Lipinski definition) is 1. The molecule has 2 nitrogen and oxygen atoms in total. The smallest absolute Gasteiger partial charge is 0.0239 e. The zero-order chi connectivity index (χ0) is 14.4. The van der Waals surface area contributed by atoms with Crippen molar-refractivity contribution >= 4 is 0 Å².